The molecule has 0 aliphatic heterocycles. The number of nitrogens with zero attached hydrogens (tertiary/aromatic N) is 1. The van der Waals surface area contributed by atoms with E-state index in [9.17, 15) is 4.79 Å². The van der Waals surface area contributed by atoms with Gasteiger partial charge in [0.2, 0.25) is 0 Å². The van der Waals surface area contributed by atoms with Gasteiger partial charge in [0, 0.05) is 21.7 Å². The number of halogens is 4. The van der Waals surface area contributed by atoms with Crippen molar-refractivity contribution in [1.29, 1.82) is 0 Å². The molecule has 0 saturated carbocycles. The summed E-state index contributed by atoms with van der Waals surface area (Å²) in [4.78, 5) is 12.5. The lowest BCUT2D eigenvalue weighted by molar-refractivity contribution is 0.0952. The second-order valence-corrected chi connectivity index (χ2v) is 9.77. The van der Waals surface area contributed by atoms with Crippen LogP contribution in [0.1, 0.15) is 21.5 Å². The Hall–Kier alpha value is -1.76. The fraction of sp³-hybridized carbons (Fsp3) is 0.130. The van der Waals surface area contributed by atoms with Crippen molar-refractivity contribution in [1.82, 2.24) is 5.43 Å². The maximum absolute atomic E-state index is 12.5. The summed E-state index contributed by atoms with van der Waals surface area (Å²) in [5.41, 5.74) is 4.52. The molecule has 33 heavy (non-hydrogen) atoms. The standard InChI is InChI=1S/C23H18Cl2I2N2O4/c1-31-16-5-6-17(21(10-16)32-2)23(30)29-28-11-13-7-19(26)22(20(27)8-13)33-12-14-3-4-15(24)9-18(14)25/h3-11H,12H2,1-2H3,(H,29,30)/b28-11-. The molecule has 1 N–H and O–H groups in total. The van der Waals surface area contributed by atoms with Crippen molar-refractivity contribution in [3.8, 4) is 17.2 Å². The number of carbonyl (C=O) groups is 1. The third kappa shape index (κ3) is 6.87. The number of hydrogen-bond donors (Lipinski definition) is 1. The SMILES string of the molecule is COc1ccc(C(=O)N/N=C\c2cc(I)c(OCc3ccc(Cl)cc3Cl)c(I)c2)c(OC)c1. The fourth-order valence-electron chi connectivity index (χ4n) is 2.79. The molecule has 3 aromatic rings. The first-order valence-electron chi connectivity index (χ1n) is 9.43. The number of carbonyl (C=O) groups excluding carboxylic acids is 1. The van der Waals surface area contributed by atoms with Crippen LogP contribution in [0.4, 0.5) is 0 Å². The van der Waals surface area contributed by atoms with Crippen LogP contribution < -0.4 is 19.6 Å². The van der Waals surface area contributed by atoms with Gasteiger partial charge in [0.15, 0.2) is 0 Å². The van der Waals surface area contributed by atoms with Gasteiger partial charge in [-0.25, -0.2) is 5.43 Å². The van der Waals surface area contributed by atoms with Gasteiger partial charge in [-0.1, -0.05) is 29.3 Å². The van der Waals surface area contributed by atoms with Gasteiger partial charge in [-0.3, -0.25) is 4.79 Å². The fourth-order valence-corrected chi connectivity index (χ4v) is 5.38. The maximum atomic E-state index is 12.5. The Morgan fingerprint density at radius 2 is 1.76 bits per heavy atom. The van der Waals surface area contributed by atoms with Gasteiger partial charge in [0.1, 0.15) is 23.9 Å². The lowest BCUT2D eigenvalue weighted by Crippen LogP contribution is -2.18. The van der Waals surface area contributed by atoms with Gasteiger partial charge in [-0.15, -0.1) is 0 Å². The number of hydrazone groups is 1. The molecule has 172 valence electrons. The van der Waals surface area contributed by atoms with Crippen LogP contribution in [-0.4, -0.2) is 26.3 Å². The number of hydrogen-bond acceptors (Lipinski definition) is 5. The minimum atomic E-state index is -0.394. The van der Waals surface area contributed by atoms with Crippen LogP contribution >= 0.6 is 68.4 Å². The van der Waals surface area contributed by atoms with Crippen LogP contribution in [0.25, 0.3) is 0 Å². The molecule has 1 amide bonds. The van der Waals surface area contributed by atoms with Gasteiger partial charge in [-0.05, 0) is 87.1 Å². The smallest absolute Gasteiger partial charge is 0.275 e. The van der Waals surface area contributed by atoms with Crippen molar-refractivity contribution in [2.45, 2.75) is 6.61 Å². The van der Waals surface area contributed by atoms with Crippen LogP contribution in [0.5, 0.6) is 17.2 Å². The van der Waals surface area contributed by atoms with E-state index in [1.54, 1.807) is 43.7 Å². The Labute approximate surface area is 228 Å². The van der Waals surface area contributed by atoms with Crippen molar-refractivity contribution in [2.75, 3.05) is 14.2 Å². The molecular formula is C23H18Cl2I2N2O4. The summed E-state index contributed by atoms with van der Waals surface area (Å²) in [7, 11) is 3.04. The summed E-state index contributed by atoms with van der Waals surface area (Å²) in [6.45, 7) is 0.315. The highest BCUT2D eigenvalue weighted by Crippen LogP contribution is 2.30. The molecule has 0 aromatic heterocycles. The van der Waals surface area contributed by atoms with E-state index < -0.39 is 5.91 Å². The van der Waals surface area contributed by atoms with E-state index in [1.165, 1.54) is 7.11 Å². The van der Waals surface area contributed by atoms with Crippen molar-refractivity contribution in [3.63, 3.8) is 0 Å². The minimum absolute atomic E-state index is 0.315. The van der Waals surface area contributed by atoms with Crippen molar-refractivity contribution >= 4 is 80.5 Å². The summed E-state index contributed by atoms with van der Waals surface area (Å²) in [6.07, 6.45) is 1.57. The average molecular weight is 711 g/mol. The zero-order valence-corrected chi connectivity index (χ0v) is 23.3. The molecule has 0 bridgehead atoms. The molecule has 0 aliphatic carbocycles. The summed E-state index contributed by atoms with van der Waals surface area (Å²) >= 11 is 16.6. The predicted octanol–water partition coefficient (Wildman–Crippen LogP) is 6.56. The highest BCUT2D eigenvalue weighted by atomic mass is 127. The lowest BCUT2D eigenvalue weighted by Gasteiger charge is -2.12. The summed E-state index contributed by atoms with van der Waals surface area (Å²) < 4.78 is 18.2. The largest absolute Gasteiger partial charge is 0.497 e. The summed E-state index contributed by atoms with van der Waals surface area (Å²) in [5.74, 6) is 1.34. The molecule has 10 heteroatoms. The molecule has 0 spiro atoms. The molecule has 0 heterocycles. The van der Waals surface area contributed by atoms with E-state index in [1.807, 2.05) is 18.2 Å². The van der Waals surface area contributed by atoms with Crippen LogP contribution in [0.3, 0.4) is 0 Å². The molecular weight excluding hydrogens is 693 g/mol. The number of rotatable bonds is 8. The summed E-state index contributed by atoms with van der Waals surface area (Å²) in [6, 6.07) is 14.1. The quantitative estimate of drug-likeness (QED) is 0.163. The molecule has 0 aliphatic rings. The minimum Gasteiger partial charge on any atom is -0.497 e. The zero-order chi connectivity index (χ0) is 24.0. The Morgan fingerprint density at radius 3 is 2.39 bits per heavy atom. The number of benzene rings is 3. The number of methoxy groups -OCH3 is 2. The Kier molecular flexibility index (Phi) is 9.47. The van der Waals surface area contributed by atoms with Crippen LogP contribution in [0, 0.1) is 7.14 Å². The highest BCUT2D eigenvalue weighted by molar-refractivity contribution is 14.1. The molecule has 0 unspecified atom stereocenters. The Bertz CT molecular complexity index is 1180. The van der Waals surface area contributed by atoms with Gasteiger partial charge in [-0.2, -0.15) is 5.10 Å². The Morgan fingerprint density at radius 1 is 1.03 bits per heavy atom. The third-order valence-corrected chi connectivity index (χ3v) is 6.63. The average Bonchev–Trinajstić information content (AvgIpc) is 2.79. The number of nitrogens with one attached hydrogen (secondary N) is 1. The van der Waals surface area contributed by atoms with Crippen molar-refractivity contribution in [3.05, 3.63) is 82.4 Å². The number of ether oxygens (including phenoxy) is 3. The van der Waals surface area contributed by atoms with E-state index in [-0.39, 0.29) is 0 Å². The number of amides is 1. The molecule has 3 aromatic carbocycles. The van der Waals surface area contributed by atoms with Gasteiger partial charge in [0.05, 0.1) is 33.1 Å². The monoisotopic (exact) mass is 710 g/mol. The maximum Gasteiger partial charge on any atom is 0.275 e. The first-order chi connectivity index (χ1) is 15.8. The van der Waals surface area contributed by atoms with E-state index in [4.69, 9.17) is 37.4 Å². The van der Waals surface area contributed by atoms with Gasteiger partial charge in [0.25, 0.3) is 5.91 Å². The normalized spacial score (nSPS) is 10.8. The van der Waals surface area contributed by atoms with E-state index in [0.29, 0.717) is 33.7 Å². The van der Waals surface area contributed by atoms with Crippen LogP contribution in [0.15, 0.2) is 53.6 Å². The van der Waals surface area contributed by atoms with E-state index in [2.05, 4.69) is 55.7 Å². The predicted molar refractivity (Wildman–Crippen MR) is 147 cm³/mol. The van der Waals surface area contributed by atoms with Crippen molar-refractivity contribution < 1.29 is 19.0 Å². The topological polar surface area (TPSA) is 69.2 Å². The van der Waals surface area contributed by atoms with Crippen LogP contribution in [0.2, 0.25) is 10.0 Å². The molecule has 0 radical (unpaired) electrons. The molecule has 6 nitrogen and oxygen atoms in total. The van der Waals surface area contributed by atoms with E-state index in [0.717, 1.165) is 24.0 Å². The first kappa shape index (κ1) is 25.9. The zero-order valence-electron chi connectivity index (χ0n) is 17.5. The third-order valence-electron chi connectivity index (χ3n) is 4.44. The second-order valence-electron chi connectivity index (χ2n) is 6.60. The Balaban J connectivity index is 1.68. The molecule has 0 atom stereocenters. The molecule has 0 fully saturated rings. The van der Waals surface area contributed by atoms with E-state index >= 15 is 0 Å². The molecule has 3 rings (SSSR count). The lowest BCUT2D eigenvalue weighted by atomic mass is 10.2. The van der Waals surface area contributed by atoms with Crippen molar-refractivity contribution in [2.24, 2.45) is 5.10 Å². The first-order valence-corrected chi connectivity index (χ1v) is 12.3. The van der Waals surface area contributed by atoms with Gasteiger partial charge < -0.3 is 14.2 Å². The van der Waals surface area contributed by atoms with Gasteiger partial charge >= 0.3 is 0 Å². The summed E-state index contributed by atoms with van der Waals surface area (Å²) in [5, 5.41) is 5.21. The van der Waals surface area contributed by atoms with Crippen LogP contribution in [-0.2, 0) is 6.61 Å². The second kappa shape index (κ2) is 12.1. The molecule has 0 saturated heterocycles. The highest BCUT2D eigenvalue weighted by Gasteiger charge is 2.13.